The summed E-state index contributed by atoms with van der Waals surface area (Å²) in [6, 6.07) is 8.40. The van der Waals surface area contributed by atoms with Gasteiger partial charge in [-0.25, -0.2) is 4.98 Å². The van der Waals surface area contributed by atoms with E-state index < -0.39 is 0 Å². The number of carbonyl (C=O) groups is 1. The molecule has 2 aromatic rings. The second-order valence-electron chi connectivity index (χ2n) is 4.45. The van der Waals surface area contributed by atoms with E-state index in [0.29, 0.717) is 5.75 Å². The van der Waals surface area contributed by atoms with Crippen molar-refractivity contribution in [1.82, 2.24) is 10.3 Å². The number of nitrogens with zero attached hydrogens (tertiary/aromatic N) is 1. The van der Waals surface area contributed by atoms with Crippen LogP contribution < -0.4 is 5.32 Å². The van der Waals surface area contributed by atoms with Crippen LogP contribution in [0.2, 0.25) is 0 Å². The summed E-state index contributed by atoms with van der Waals surface area (Å²) in [6.07, 6.45) is 1.98. The number of amides is 1. The normalized spacial score (nSPS) is 18.8. The van der Waals surface area contributed by atoms with E-state index >= 15 is 0 Å². The van der Waals surface area contributed by atoms with Gasteiger partial charge in [0, 0.05) is 27.2 Å². The second-order valence-corrected chi connectivity index (χ2v) is 7.60. The van der Waals surface area contributed by atoms with Crippen LogP contribution in [0.5, 0.6) is 0 Å². The highest BCUT2D eigenvalue weighted by Crippen LogP contribution is 2.43. The number of hydrogen-bond donors (Lipinski definition) is 1. The van der Waals surface area contributed by atoms with Crippen LogP contribution in [-0.4, -0.2) is 16.6 Å². The molecule has 2 aliphatic heterocycles. The zero-order valence-electron chi connectivity index (χ0n) is 10.4. The van der Waals surface area contributed by atoms with Gasteiger partial charge < -0.3 is 5.32 Å². The minimum atomic E-state index is 0.0727. The van der Waals surface area contributed by atoms with Gasteiger partial charge in [-0.3, -0.25) is 4.79 Å². The maximum absolute atomic E-state index is 11.2. The van der Waals surface area contributed by atoms with E-state index in [4.69, 9.17) is 4.98 Å². The fourth-order valence-corrected chi connectivity index (χ4v) is 5.18. The number of carbonyl (C=O) groups excluding carboxylic acids is 1. The first-order valence-corrected chi connectivity index (χ1v) is 8.94. The Balaban J connectivity index is 1.73. The lowest BCUT2D eigenvalue weighted by Gasteiger charge is -2.13. The molecule has 1 amide bonds. The number of benzene rings is 1. The summed E-state index contributed by atoms with van der Waals surface area (Å²) in [4.78, 5) is 18.6. The average Bonchev–Trinajstić information content (AvgIpc) is 3.05. The van der Waals surface area contributed by atoms with Crippen LogP contribution >= 0.6 is 34.9 Å². The van der Waals surface area contributed by atoms with E-state index in [0.717, 1.165) is 21.5 Å². The third-order valence-electron chi connectivity index (χ3n) is 3.09. The van der Waals surface area contributed by atoms with Crippen LogP contribution in [0.3, 0.4) is 0 Å². The molecule has 3 nitrogen and oxygen atoms in total. The van der Waals surface area contributed by atoms with Crippen molar-refractivity contribution in [2.24, 2.45) is 0 Å². The zero-order chi connectivity index (χ0) is 13.5. The molecule has 0 spiro atoms. The summed E-state index contributed by atoms with van der Waals surface area (Å²) in [5.41, 5.74) is 2.33. The molecule has 1 N–H and O–H groups in total. The number of thiazole rings is 1. The Kier molecular flexibility index (Phi) is 3.09. The van der Waals surface area contributed by atoms with Crippen LogP contribution in [-0.2, 0) is 10.5 Å². The van der Waals surface area contributed by atoms with E-state index in [1.54, 1.807) is 11.3 Å². The topological polar surface area (TPSA) is 42.0 Å². The molecule has 0 bridgehead atoms. The maximum Gasteiger partial charge on any atom is 0.235 e. The Morgan fingerprint density at radius 1 is 1.20 bits per heavy atom. The van der Waals surface area contributed by atoms with Gasteiger partial charge in [0.2, 0.25) is 5.91 Å². The Morgan fingerprint density at radius 3 is 2.95 bits per heavy atom. The minimum Gasteiger partial charge on any atom is -0.320 e. The third-order valence-corrected chi connectivity index (χ3v) is 6.31. The van der Waals surface area contributed by atoms with Gasteiger partial charge in [0.25, 0.3) is 0 Å². The van der Waals surface area contributed by atoms with Crippen molar-refractivity contribution >= 4 is 46.8 Å². The molecule has 1 fully saturated rings. The Hall–Kier alpha value is -1.24. The first-order chi connectivity index (χ1) is 9.79. The van der Waals surface area contributed by atoms with E-state index in [1.807, 2.05) is 17.8 Å². The molecule has 4 rings (SSSR count). The molecule has 6 heteroatoms. The van der Waals surface area contributed by atoms with E-state index in [-0.39, 0.29) is 5.91 Å². The molecule has 0 unspecified atom stereocenters. The highest BCUT2D eigenvalue weighted by atomic mass is 32.2. The van der Waals surface area contributed by atoms with E-state index in [9.17, 15) is 4.79 Å². The lowest BCUT2D eigenvalue weighted by atomic mass is 10.1. The first kappa shape index (κ1) is 12.5. The Bertz CT molecular complexity index is 736. The lowest BCUT2D eigenvalue weighted by Crippen LogP contribution is -2.13. The maximum atomic E-state index is 11.2. The highest BCUT2D eigenvalue weighted by molar-refractivity contribution is 8.04. The smallest absolute Gasteiger partial charge is 0.235 e. The standard InChI is InChI=1S/C14H10N2OS3/c17-11-7-19-12(15-11)5-13-16-14-8-3-1-2-4-9(8)18-6-10(14)20-13/h1-5H,6-7H2,(H,15,17)/b12-5+. The van der Waals surface area contributed by atoms with Crippen molar-refractivity contribution in [1.29, 1.82) is 0 Å². The highest BCUT2D eigenvalue weighted by Gasteiger charge is 2.21. The number of rotatable bonds is 1. The predicted octanol–water partition coefficient (Wildman–Crippen LogP) is 3.58. The van der Waals surface area contributed by atoms with Gasteiger partial charge in [-0.1, -0.05) is 30.0 Å². The van der Waals surface area contributed by atoms with E-state index in [2.05, 4.69) is 29.6 Å². The Labute approximate surface area is 128 Å². The molecule has 0 radical (unpaired) electrons. The van der Waals surface area contributed by atoms with Gasteiger partial charge in [-0.2, -0.15) is 0 Å². The van der Waals surface area contributed by atoms with Crippen LogP contribution in [0.4, 0.5) is 0 Å². The van der Waals surface area contributed by atoms with Crippen molar-refractivity contribution in [3.8, 4) is 11.3 Å². The predicted molar refractivity (Wildman–Crippen MR) is 85.7 cm³/mol. The van der Waals surface area contributed by atoms with Gasteiger partial charge in [-0.05, 0) is 6.07 Å². The van der Waals surface area contributed by atoms with Gasteiger partial charge in [0.1, 0.15) is 5.01 Å². The van der Waals surface area contributed by atoms with Crippen molar-refractivity contribution in [3.05, 3.63) is 39.2 Å². The molecule has 1 aromatic carbocycles. The van der Waals surface area contributed by atoms with Crippen molar-refractivity contribution in [2.45, 2.75) is 10.6 Å². The molecular formula is C14H10N2OS3. The second kappa shape index (κ2) is 4.95. The van der Waals surface area contributed by atoms with Crippen molar-refractivity contribution in [2.75, 3.05) is 5.75 Å². The first-order valence-electron chi connectivity index (χ1n) is 6.16. The summed E-state index contributed by atoms with van der Waals surface area (Å²) < 4.78 is 0. The quantitative estimate of drug-likeness (QED) is 0.873. The van der Waals surface area contributed by atoms with Crippen LogP contribution in [0.15, 0.2) is 34.2 Å². The number of hydrogen-bond acceptors (Lipinski definition) is 5. The third kappa shape index (κ3) is 2.17. The van der Waals surface area contributed by atoms with Crippen LogP contribution in [0.25, 0.3) is 17.3 Å². The fourth-order valence-electron chi connectivity index (χ4n) is 2.21. The largest absolute Gasteiger partial charge is 0.320 e. The fraction of sp³-hybridized carbons (Fsp3) is 0.143. The molecule has 0 atom stereocenters. The number of nitrogens with one attached hydrogen (secondary N) is 1. The van der Waals surface area contributed by atoms with Gasteiger partial charge >= 0.3 is 0 Å². The van der Waals surface area contributed by atoms with E-state index in [1.165, 1.54) is 27.1 Å². The number of fused-ring (bicyclic) bond motifs is 3. The average molecular weight is 318 g/mol. The van der Waals surface area contributed by atoms with Crippen LogP contribution in [0, 0.1) is 0 Å². The molecule has 20 heavy (non-hydrogen) atoms. The summed E-state index contributed by atoms with van der Waals surface area (Å²) in [5.74, 6) is 1.56. The molecular weight excluding hydrogens is 308 g/mol. The van der Waals surface area contributed by atoms with Gasteiger partial charge in [0.05, 0.1) is 16.5 Å². The molecule has 0 saturated carbocycles. The zero-order valence-corrected chi connectivity index (χ0v) is 12.8. The van der Waals surface area contributed by atoms with Crippen molar-refractivity contribution in [3.63, 3.8) is 0 Å². The summed E-state index contributed by atoms with van der Waals surface area (Å²) in [7, 11) is 0. The molecule has 1 aromatic heterocycles. The number of aromatic nitrogens is 1. The summed E-state index contributed by atoms with van der Waals surface area (Å²) >= 11 is 5.12. The molecule has 1 saturated heterocycles. The van der Waals surface area contributed by atoms with Crippen molar-refractivity contribution < 1.29 is 4.79 Å². The summed E-state index contributed by atoms with van der Waals surface area (Å²) in [6.45, 7) is 0. The van der Waals surface area contributed by atoms with Crippen LogP contribution in [0.1, 0.15) is 9.88 Å². The number of thioether (sulfide) groups is 2. The molecule has 2 aliphatic rings. The summed E-state index contributed by atoms with van der Waals surface area (Å²) in [5, 5.41) is 4.72. The lowest BCUT2D eigenvalue weighted by molar-refractivity contribution is -0.117. The minimum absolute atomic E-state index is 0.0727. The monoisotopic (exact) mass is 318 g/mol. The molecule has 0 aliphatic carbocycles. The molecule has 100 valence electrons. The SMILES string of the molecule is O=C1CS/C(=C/c2nc3c(s2)CSc2ccccc2-3)N1. The van der Waals surface area contributed by atoms with Gasteiger partial charge in [-0.15, -0.1) is 23.1 Å². The van der Waals surface area contributed by atoms with Gasteiger partial charge in [0.15, 0.2) is 0 Å². The Morgan fingerprint density at radius 2 is 2.10 bits per heavy atom. The molecule has 3 heterocycles.